The van der Waals surface area contributed by atoms with E-state index >= 15 is 0 Å². The van der Waals surface area contributed by atoms with Gasteiger partial charge in [0.1, 0.15) is 0 Å². The van der Waals surface area contributed by atoms with Gasteiger partial charge in [0.15, 0.2) is 5.78 Å². The molecule has 0 saturated carbocycles. The Bertz CT molecular complexity index is 826. The van der Waals surface area contributed by atoms with Gasteiger partial charge in [0.25, 0.3) is 0 Å². The first-order chi connectivity index (χ1) is 12.8. The maximum atomic E-state index is 12.5. The van der Waals surface area contributed by atoms with E-state index in [9.17, 15) is 4.79 Å². The Morgan fingerprint density at radius 1 is 0.808 bits per heavy atom. The van der Waals surface area contributed by atoms with Crippen LogP contribution in [0.15, 0.2) is 97.1 Å². The topological polar surface area (TPSA) is 29.1 Å². The smallest absolute Gasteiger partial charge is 0.157 e. The van der Waals surface area contributed by atoms with Crippen molar-refractivity contribution in [2.45, 2.75) is 19.0 Å². The number of benzene rings is 3. The number of carbonyl (C=O) groups excluding carboxylic acids is 1. The fourth-order valence-electron chi connectivity index (χ4n) is 2.85. The molecule has 2 heteroatoms. The van der Waals surface area contributed by atoms with Crippen molar-refractivity contribution in [2.75, 3.05) is 0 Å². The molecule has 0 aliphatic rings. The number of hydrogen-bond acceptors (Lipinski definition) is 2. The first-order valence-electron chi connectivity index (χ1n) is 8.89. The minimum absolute atomic E-state index is 0.00988. The molecule has 0 aromatic heterocycles. The Morgan fingerprint density at radius 3 is 2.04 bits per heavy atom. The van der Waals surface area contributed by atoms with Crippen LogP contribution in [0.3, 0.4) is 0 Å². The molecule has 0 aliphatic carbocycles. The van der Waals surface area contributed by atoms with E-state index in [-0.39, 0.29) is 11.8 Å². The van der Waals surface area contributed by atoms with Crippen LogP contribution >= 0.6 is 0 Å². The highest BCUT2D eigenvalue weighted by atomic mass is 16.1. The largest absolute Gasteiger partial charge is 0.305 e. The van der Waals surface area contributed by atoms with E-state index in [2.05, 4.69) is 29.6 Å². The van der Waals surface area contributed by atoms with E-state index in [1.54, 1.807) is 6.08 Å². The number of allylic oxidation sites excluding steroid dienone is 1. The van der Waals surface area contributed by atoms with Gasteiger partial charge in [-0.1, -0.05) is 97.1 Å². The molecular weight excluding hydrogens is 318 g/mol. The van der Waals surface area contributed by atoms with Gasteiger partial charge in [0.05, 0.1) is 0 Å². The summed E-state index contributed by atoms with van der Waals surface area (Å²) in [6.07, 6.45) is 3.98. The Hall–Kier alpha value is -2.97. The first-order valence-corrected chi connectivity index (χ1v) is 8.89. The molecule has 0 amide bonds. The normalized spacial score (nSPS) is 12.2. The highest BCUT2D eigenvalue weighted by Gasteiger charge is 2.14. The van der Waals surface area contributed by atoms with Crippen LogP contribution in [0.1, 0.15) is 29.2 Å². The zero-order valence-electron chi connectivity index (χ0n) is 14.7. The van der Waals surface area contributed by atoms with Crippen LogP contribution in [0, 0.1) is 0 Å². The maximum Gasteiger partial charge on any atom is 0.157 e. The zero-order valence-corrected chi connectivity index (χ0v) is 14.7. The predicted molar refractivity (Wildman–Crippen MR) is 108 cm³/mol. The standard InChI is InChI=1S/C24H23NO/c26-23(17-16-20-10-4-1-5-11-20)18-24(22-14-8-3-9-15-22)25-19-21-12-6-2-7-13-21/h1-17,24-25H,18-19H2/b17-16+. The molecule has 1 atom stereocenters. The summed E-state index contributed by atoms with van der Waals surface area (Å²) in [5.74, 6) is 0.114. The van der Waals surface area contributed by atoms with E-state index < -0.39 is 0 Å². The summed E-state index contributed by atoms with van der Waals surface area (Å²) in [6.45, 7) is 0.732. The molecule has 3 aromatic carbocycles. The lowest BCUT2D eigenvalue weighted by molar-refractivity contribution is -0.115. The van der Waals surface area contributed by atoms with E-state index in [0.717, 1.165) is 17.7 Å². The number of carbonyl (C=O) groups is 1. The molecule has 3 aromatic rings. The van der Waals surface area contributed by atoms with Gasteiger partial charge in [-0.3, -0.25) is 4.79 Å². The van der Waals surface area contributed by atoms with Gasteiger partial charge in [0, 0.05) is 19.0 Å². The summed E-state index contributed by atoms with van der Waals surface area (Å²) in [4.78, 5) is 12.5. The van der Waals surface area contributed by atoms with Crippen molar-refractivity contribution in [3.05, 3.63) is 114 Å². The van der Waals surface area contributed by atoms with Gasteiger partial charge in [-0.15, -0.1) is 0 Å². The average molecular weight is 341 g/mol. The molecule has 3 rings (SSSR count). The molecule has 1 unspecified atom stereocenters. The minimum Gasteiger partial charge on any atom is -0.305 e. The molecule has 1 N–H and O–H groups in total. The van der Waals surface area contributed by atoms with Gasteiger partial charge >= 0.3 is 0 Å². The van der Waals surface area contributed by atoms with Crippen molar-refractivity contribution in [1.82, 2.24) is 5.32 Å². The molecule has 0 aliphatic heterocycles. The highest BCUT2D eigenvalue weighted by Crippen LogP contribution is 2.18. The van der Waals surface area contributed by atoms with E-state index in [1.165, 1.54) is 5.56 Å². The second-order valence-corrected chi connectivity index (χ2v) is 6.24. The minimum atomic E-state index is -0.00988. The Labute approximate surface area is 155 Å². The molecule has 0 heterocycles. The van der Waals surface area contributed by atoms with Gasteiger partial charge in [-0.25, -0.2) is 0 Å². The maximum absolute atomic E-state index is 12.5. The van der Waals surface area contributed by atoms with Crippen LogP contribution in [0.5, 0.6) is 0 Å². The molecule has 0 radical (unpaired) electrons. The fourth-order valence-corrected chi connectivity index (χ4v) is 2.85. The van der Waals surface area contributed by atoms with Crippen LogP contribution in [-0.4, -0.2) is 5.78 Å². The summed E-state index contributed by atoms with van der Waals surface area (Å²) in [5, 5.41) is 3.53. The molecule has 0 saturated heterocycles. The average Bonchev–Trinajstić information content (AvgIpc) is 2.72. The lowest BCUT2D eigenvalue weighted by atomic mass is 10.0. The predicted octanol–water partition coefficient (Wildman–Crippen LogP) is 5.19. The highest BCUT2D eigenvalue weighted by molar-refractivity contribution is 5.94. The number of nitrogens with one attached hydrogen (secondary N) is 1. The second-order valence-electron chi connectivity index (χ2n) is 6.24. The van der Waals surface area contributed by atoms with Crippen molar-refractivity contribution in [1.29, 1.82) is 0 Å². The fraction of sp³-hybridized carbons (Fsp3) is 0.125. The van der Waals surface area contributed by atoms with Crippen LogP contribution < -0.4 is 5.32 Å². The van der Waals surface area contributed by atoms with Gasteiger partial charge < -0.3 is 5.32 Å². The van der Waals surface area contributed by atoms with Crippen LogP contribution in [0.2, 0.25) is 0 Å². The molecule has 130 valence electrons. The Kier molecular flexibility index (Phi) is 6.52. The molecule has 2 nitrogen and oxygen atoms in total. The SMILES string of the molecule is O=C(/C=C/c1ccccc1)CC(NCc1ccccc1)c1ccccc1. The van der Waals surface area contributed by atoms with E-state index in [4.69, 9.17) is 0 Å². The van der Waals surface area contributed by atoms with Crippen molar-refractivity contribution in [2.24, 2.45) is 0 Å². The number of hydrogen-bond donors (Lipinski definition) is 1. The summed E-state index contributed by atoms with van der Waals surface area (Å²) in [6, 6.07) is 30.3. The Balaban J connectivity index is 1.67. The molecule has 0 spiro atoms. The van der Waals surface area contributed by atoms with Crippen LogP contribution in [-0.2, 0) is 11.3 Å². The summed E-state index contributed by atoms with van der Waals surface area (Å²) in [7, 11) is 0. The van der Waals surface area contributed by atoms with Crippen molar-refractivity contribution in [3.63, 3.8) is 0 Å². The van der Waals surface area contributed by atoms with Crippen LogP contribution in [0.4, 0.5) is 0 Å². The van der Waals surface area contributed by atoms with Crippen molar-refractivity contribution < 1.29 is 4.79 Å². The summed E-state index contributed by atoms with van der Waals surface area (Å²) in [5.41, 5.74) is 3.37. The van der Waals surface area contributed by atoms with Crippen molar-refractivity contribution >= 4 is 11.9 Å². The third-order valence-electron chi connectivity index (χ3n) is 4.26. The Morgan fingerprint density at radius 2 is 1.38 bits per heavy atom. The zero-order chi connectivity index (χ0) is 18.0. The number of ketones is 1. The molecule has 0 bridgehead atoms. The third-order valence-corrected chi connectivity index (χ3v) is 4.26. The lowest BCUT2D eigenvalue weighted by Crippen LogP contribution is -2.23. The van der Waals surface area contributed by atoms with E-state index in [1.807, 2.05) is 72.8 Å². The van der Waals surface area contributed by atoms with Crippen molar-refractivity contribution in [3.8, 4) is 0 Å². The second kappa shape index (κ2) is 9.50. The monoisotopic (exact) mass is 341 g/mol. The molecule has 26 heavy (non-hydrogen) atoms. The number of rotatable bonds is 8. The van der Waals surface area contributed by atoms with Gasteiger partial charge in [-0.2, -0.15) is 0 Å². The third kappa shape index (κ3) is 5.54. The first kappa shape index (κ1) is 17.8. The van der Waals surface area contributed by atoms with E-state index in [0.29, 0.717) is 6.42 Å². The lowest BCUT2D eigenvalue weighted by Gasteiger charge is -2.18. The van der Waals surface area contributed by atoms with Crippen LogP contribution in [0.25, 0.3) is 6.08 Å². The van der Waals surface area contributed by atoms with Gasteiger partial charge in [-0.05, 0) is 22.8 Å². The molecular formula is C24H23NO. The summed E-state index contributed by atoms with van der Waals surface area (Å²) < 4.78 is 0. The summed E-state index contributed by atoms with van der Waals surface area (Å²) >= 11 is 0. The quantitative estimate of drug-likeness (QED) is 0.571. The molecule has 0 fully saturated rings. The van der Waals surface area contributed by atoms with Gasteiger partial charge in [0.2, 0.25) is 0 Å².